The highest BCUT2D eigenvalue weighted by atomic mass is 79.9. The molecule has 11 heteroatoms. The largest absolute Gasteiger partial charge is 0.494 e. The van der Waals surface area contributed by atoms with Crippen LogP contribution in [0.2, 0.25) is 0 Å². The number of anilines is 1. The lowest BCUT2D eigenvalue weighted by Crippen LogP contribution is -2.30. The minimum Gasteiger partial charge on any atom is -0.494 e. The van der Waals surface area contributed by atoms with E-state index in [0.29, 0.717) is 59.5 Å². The van der Waals surface area contributed by atoms with Gasteiger partial charge in [-0.25, -0.2) is 4.98 Å². The Kier molecular flexibility index (Phi) is 10.8. The third-order valence-electron chi connectivity index (χ3n) is 7.18. The van der Waals surface area contributed by atoms with E-state index in [4.69, 9.17) is 19.6 Å². The van der Waals surface area contributed by atoms with Crippen molar-refractivity contribution in [3.05, 3.63) is 76.0 Å². The van der Waals surface area contributed by atoms with Gasteiger partial charge in [-0.3, -0.25) is 15.0 Å². The zero-order chi connectivity index (χ0) is 30.6. The normalized spacial score (nSPS) is 12.3. The summed E-state index contributed by atoms with van der Waals surface area (Å²) < 4.78 is 16.9. The van der Waals surface area contributed by atoms with E-state index in [0.717, 1.165) is 16.7 Å². The number of halogens is 1. The van der Waals surface area contributed by atoms with Crippen LogP contribution in [0, 0.1) is 5.41 Å². The molecule has 0 saturated heterocycles. The summed E-state index contributed by atoms with van der Waals surface area (Å²) in [5, 5.41) is 14.9. The zero-order valence-corrected chi connectivity index (χ0v) is 27.4. The standard InChI is InChI=1S/C32H39N5O5.BrH/c1-8-42-27-14-21-17-37(29(33)22(21)15-23(27)30(39)34-5)18-26(38)20-12-24(32(2,3)4)28(40-6)25(13-20)36-16-19-10-9-11-35-31(19)41-7;/h9-15,33,36H,8,16-18H2,1-7H3,(H,34,39);1H. The summed E-state index contributed by atoms with van der Waals surface area (Å²) in [5.41, 5.74) is 4.43. The van der Waals surface area contributed by atoms with Gasteiger partial charge in [-0.05, 0) is 48.2 Å². The van der Waals surface area contributed by atoms with Gasteiger partial charge in [-0.1, -0.05) is 26.8 Å². The molecule has 0 bridgehead atoms. The number of amides is 1. The van der Waals surface area contributed by atoms with Gasteiger partial charge in [0, 0.05) is 48.6 Å². The molecule has 1 aromatic heterocycles. The molecule has 10 nitrogen and oxygen atoms in total. The Hall–Kier alpha value is -4.12. The Morgan fingerprint density at radius 2 is 1.86 bits per heavy atom. The highest BCUT2D eigenvalue weighted by Gasteiger charge is 2.30. The molecule has 3 aromatic rings. The number of ketones is 1. The first kappa shape index (κ1) is 33.4. The quantitative estimate of drug-likeness (QED) is 0.236. The monoisotopic (exact) mass is 653 g/mol. The van der Waals surface area contributed by atoms with Crippen LogP contribution in [0.1, 0.15) is 70.7 Å². The van der Waals surface area contributed by atoms with E-state index in [1.807, 2.05) is 25.1 Å². The van der Waals surface area contributed by atoms with Crippen LogP contribution in [0.15, 0.2) is 42.6 Å². The van der Waals surface area contributed by atoms with Crippen molar-refractivity contribution in [1.29, 1.82) is 5.41 Å². The summed E-state index contributed by atoms with van der Waals surface area (Å²) in [7, 11) is 4.75. The van der Waals surface area contributed by atoms with E-state index < -0.39 is 0 Å². The van der Waals surface area contributed by atoms with Gasteiger partial charge in [0.2, 0.25) is 5.88 Å². The van der Waals surface area contributed by atoms with E-state index in [9.17, 15) is 9.59 Å². The molecule has 0 spiro atoms. The molecule has 0 aliphatic carbocycles. The lowest BCUT2D eigenvalue weighted by Gasteiger charge is -2.26. The highest BCUT2D eigenvalue weighted by molar-refractivity contribution is 8.93. The Labute approximate surface area is 263 Å². The van der Waals surface area contributed by atoms with Gasteiger partial charge in [0.05, 0.1) is 38.6 Å². The summed E-state index contributed by atoms with van der Waals surface area (Å²) in [6.45, 7) is 9.24. The maximum Gasteiger partial charge on any atom is 0.254 e. The van der Waals surface area contributed by atoms with Crippen LogP contribution in [0.3, 0.4) is 0 Å². The molecule has 0 fully saturated rings. The Morgan fingerprint density at radius 1 is 1.12 bits per heavy atom. The maximum atomic E-state index is 13.8. The molecule has 230 valence electrons. The maximum absolute atomic E-state index is 13.8. The first-order valence-electron chi connectivity index (χ1n) is 13.8. The minimum atomic E-state index is -0.313. The second kappa shape index (κ2) is 13.9. The van der Waals surface area contributed by atoms with E-state index in [1.54, 1.807) is 50.6 Å². The van der Waals surface area contributed by atoms with E-state index in [2.05, 4.69) is 36.4 Å². The topological polar surface area (TPSA) is 126 Å². The fraction of sp³-hybridized carbons (Fsp3) is 0.375. The number of nitrogens with one attached hydrogen (secondary N) is 3. The van der Waals surface area contributed by atoms with Gasteiger partial charge in [-0.15, -0.1) is 17.0 Å². The van der Waals surface area contributed by atoms with Crippen molar-refractivity contribution >= 4 is 40.2 Å². The van der Waals surface area contributed by atoms with Gasteiger partial charge >= 0.3 is 0 Å². The molecule has 2 aromatic carbocycles. The van der Waals surface area contributed by atoms with Crippen LogP contribution in [-0.4, -0.2) is 61.8 Å². The minimum absolute atomic E-state index is 0. The van der Waals surface area contributed by atoms with Gasteiger partial charge in [0.15, 0.2) is 5.78 Å². The molecular weight excluding hydrogens is 614 g/mol. The van der Waals surface area contributed by atoms with Crippen LogP contribution in [0.25, 0.3) is 0 Å². The number of amidine groups is 1. The number of nitrogens with zero attached hydrogens (tertiary/aromatic N) is 2. The molecule has 1 amide bonds. The first-order valence-corrected chi connectivity index (χ1v) is 13.8. The number of rotatable bonds is 11. The molecule has 2 heterocycles. The fourth-order valence-corrected chi connectivity index (χ4v) is 5.05. The number of pyridine rings is 1. The number of methoxy groups -OCH3 is 2. The molecule has 1 aliphatic heterocycles. The van der Waals surface area contributed by atoms with Crippen LogP contribution in [0.5, 0.6) is 17.4 Å². The molecule has 0 saturated carbocycles. The summed E-state index contributed by atoms with van der Waals surface area (Å²) in [5.74, 6) is 1.40. The van der Waals surface area contributed by atoms with Crippen molar-refractivity contribution in [1.82, 2.24) is 15.2 Å². The predicted molar refractivity (Wildman–Crippen MR) is 173 cm³/mol. The van der Waals surface area contributed by atoms with E-state index in [-0.39, 0.29) is 46.5 Å². The summed E-state index contributed by atoms with van der Waals surface area (Å²) in [6.07, 6.45) is 1.67. The number of Topliss-reactive ketones (excluding diaryl/α,β-unsaturated/α-hetero) is 1. The van der Waals surface area contributed by atoms with Crippen LogP contribution < -0.4 is 24.8 Å². The fourth-order valence-electron chi connectivity index (χ4n) is 5.05. The SMILES string of the molecule is Br.CCOc1cc2c(cc1C(=O)NC)C(=N)N(CC(=O)c1cc(NCc3cccnc3OC)c(OC)c(C(C)(C)C)c1)C2. The van der Waals surface area contributed by atoms with Gasteiger partial charge in [0.1, 0.15) is 17.3 Å². The van der Waals surface area contributed by atoms with Crippen molar-refractivity contribution in [2.75, 3.05) is 39.7 Å². The van der Waals surface area contributed by atoms with Crippen LogP contribution in [-0.2, 0) is 18.5 Å². The average molecular weight is 655 g/mol. The van der Waals surface area contributed by atoms with Gasteiger partial charge in [-0.2, -0.15) is 0 Å². The predicted octanol–water partition coefficient (Wildman–Crippen LogP) is 5.37. The number of benzene rings is 2. The molecule has 0 atom stereocenters. The Morgan fingerprint density at radius 3 is 2.49 bits per heavy atom. The third-order valence-corrected chi connectivity index (χ3v) is 7.18. The number of aromatic nitrogens is 1. The number of carbonyl (C=O) groups excluding carboxylic acids is 2. The molecule has 4 rings (SSSR count). The second-order valence-electron chi connectivity index (χ2n) is 11.0. The third kappa shape index (κ3) is 7.10. The number of hydrogen-bond donors (Lipinski definition) is 3. The van der Waals surface area contributed by atoms with Crippen LogP contribution >= 0.6 is 17.0 Å². The van der Waals surface area contributed by atoms with Crippen LogP contribution in [0.4, 0.5) is 5.69 Å². The van der Waals surface area contributed by atoms with Crippen molar-refractivity contribution < 1.29 is 23.8 Å². The highest BCUT2D eigenvalue weighted by Crippen LogP contribution is 2.39. The van der Waals surface area contributed by atoms with Crippen molar-refractivity contribution in [2.45, 2.75) is 46.2 Å². The average Bonchev–Trinajstić information content (AvgIpc) is 3.27. The summed E-state index contributed by atoms with van der Waals surface area (Å²) >= 11 is 0. The van der Waals surface area contributed by atoms with E-state index >= 15 is 0 Å². The lowest BCUT2D eigenvalue weighted by molar-refractivity contribution is 0.0953. The van der Waals surface area contributed by atoms with Crippen molar-refractivity contribution in [3.63, 3.8) is 0 Å². The smallest absolute Gasteiger partial charge is 0.254 e. The number of carbonyl (C=O) groups is 2. The molecule has 43 heavy (non-hydrogen) atoms. The van der Waals surface area contributed by atoms with Gasteiger partial charge in [0.25, 0.3) is 5.91 Å². The first-order chi connectivity index (χ1) is 20.0. The molecule has 0 radical (unpaired) electrons. The number of fused-ring (bicyclic) bond motifs is 1. The summed E-state index contributed by atoms with van der Waals surface area (Å²) in [6, 6.07) is 10.9. The van der Waals surface area contributed by atoms with Gasteiger partial charge < -0.3 is 29.7 Å². The molecule has 3 N–H and O–H groups in total. The van der Waals surface area contributed by atoms with Crippen molar-refractivity contribution in [2.24, 2.45) is 0 Å². The molecular formula is C32H40BrN5O5. The zero-order valence-electron chi connectivity index (χ0n) is 25.7. The second-order valence-corrected chi connectivity index (χ2v) is 11.0. The van der Waals surface area contributed by atoms with Crippen molar-refractivity contribution in [3.8, 4) is 17.4 Å². The Balaban J connectivity index is 0.00000506. The Bertz CT molecular complexity index is 1520. The summed E-state index contributed by atoms with van der Waals surface area (Å²) in [4.78, 5) is 32.2. The lowest BCUT2D eigenvalue weighted by atomic mass is 9.84. The number of hydrogen-bond acceptors (Lipinski definition) is 8. The number of ether oxygens (including phenoxy) is 3. The molecule has 1 aliphatic rings. The van der Waals surface area contributed by atoms with E-state index in [1.165, 1.54) is 0 Å². The molecule has 0 unspecified atom stereocenters.